The van der Waals surface area contributed by atoms with Crippen molar-refractivity contribution in [1.82, 2.24) is 5.43 Å². The first-order valence-corrected chi connectivity index (χ1v) is 7.55. The summed E-state index contributed by atoms with van der Waals surface area (Å²) >= 11 is 0. The molecule has 2 aromatic rings. The number of carbonyl (C=O) groups excluding carboxylic acids is 1. The fourth-order valence-corrected chi connectivity index (χ4v) is 2.06. The molecule has 5 nitrogen and oxygen atoms in total. The molecule has 0 bridgehead atoms. The van der Waals surface area contributed by atoms with Crippen molar-refractivity contribution in [1.29, 1.82) is 0 Å². The molecule has 0 fully saturated rings. The minimum absolute atomic E-state index is 0.0370. The Labute approximate surface area is 141 Å². The Balaban J connectivity index is 1.98. The van der Waals surface area contributed by atoms with Gasteiger partial charge in [0.25, 0.3) is 5.91 Å². The number of hydrogen-bond donors (Lipinski definition) is 2. The summed E-state index contributed by atoms with van der Waals surface area (Å²) in [6.45, 7) is 6.34. The number of nitrogens with one attached hydrogen (secondary N) is 1. The van der Waals surface area contributed by atoms with Gasteiger partial charge in [-0.2, -0.15) is 5.10 Å². The summed E-state index contributed by atoms with van der Waals surface area (Å²) in [6.07, 6.45) is 1.47. The number of carbonyl (C=O) groups is 2. The number of benzene rings is 2. The van der Waals surface area contributed by atoms with Crippen LogP contribution in [-0.4, -0.2) is 23.2 Å². The van der Waals surface area contributed by atoms with E-state index in [0.29, 0.717) is 11.1 Å². The smallest absolute Gasteiger partial charge is 0.335 e. The number of amides is 1. The van der Waals surface area contributed by atoms with Crippen LogP contribution in [0.15, 0.2) is 53.6 Å². The van der Waals surface area contributed by atoms with Crippen LogP contribution in [0.25, 0.3) is 0 Å². The zero-order chi connectivity index (χ0) is 17.7. The number of aromatic carboxylic acids is 1. The fourth-order valence-electron chi connectivity index (χ4n) is 2.06. The highest BCUT2D eigenvalue weighted by Gasteiger charge is 2.14. The Morgan fingerprint density at radius 2 is 1.50 bits per heavy atom. The Morgan fingerprint density at radius 1 is 0.958 bits per heavy atom. The molecule has 0 unspecified atom stereocenters. The van der Waals surface area contributed by atoms with E-state index in [9.17, 15) is 9.59 Å². The fraction of sp³-hybridized carbons (Fsp3) is 0.211. The summed E-state index contributed by atoms with van der Waals surface area (Å²) in [5.41, 5.74) is 5.08. The second-order valence-corrected chi connectivity index (χ2v) is 6.45. The maximum atomic E-state index is 12.0. The molecule has 2 rings (SSSR count). The third-order valence-corrected chi connectivity index (χ3v) is 3.55. The van der Waals surface area contributed by atoms with Crippen LogP contribution < -0.4 is 5.43 Å². The quantitative estimate of drug-likeness (QED) is 0.668. The first kappa shape index (κ1) is 17.4. The number of hydrogen-bond acceptors (Lipinski definition) is 3. The zero-order valence-corrected chi connectivity index (χ0v) is 13.9. The normalized spacial score (nSPS) is 11.5. The SMILES string of the molecule is CC(C)(C)c1ccc(C(=O)NN=Cc2ccc(C(=O)O)cc2)cc1. The van der Waals surface area contributed by atoms with Crippen molar-refractivity contribution in [2.75, 3.05) is 0 Å². The Kier molecular flexibility index (Phi) is 5.14. The van der Waals surface area contributed by atoms with E-state index >= 15 is 0 Å². The monoisotopic (exact) mass is 324 g/mol. The van der Waals surface area contributed by atoms with Gasteiger partial charge in [-0.3, -0.25) is 4.79 Å². The van der Waals surface area contributed by atoms with Gasteiger partial charge in [-0.1, -0.05) is 45.0 Å². The van der Waals surface area contributed by atoms with Crippen LogP contribution in [0.2, 0.25) is 0 Å². The van der Waals surface area contributed by atoms with Gasteiger partial charge in [0.15, 0.2) is 0 Å². The van der Waals surface area contributed by atoms with Gasteiger partial charge >= 0.3 is 5.97 Å². The van der Waals surface area contributed by atoms with Crippen molar-refractivity contribution in [2.45, 2.75) is 26.2 Å². The number of nitrogens with zero attached hydrogens (tertiary/aromatic N) is 1. The molecule has 0 radical (unpaired) electrons. The second kappa shape index (κ2) is 7.08. The topological polar surface area (TPSA) is 78.8 Å². The number of carboxylic acids is 1. The van der Waals surface area contributed by atoms with Crippen LogP contribution in [0.5, 0.6) is 0 Å². The lowest BCUT2D eigenvalue weighted by molar-refractivity contribution is 0.0696. The van der Waals surface area contributed by atoms with Gasteiger partial charge in [0, 0.05) is 5.56 Å². The molecule has 0 aliphatic carbocycles. The van der Waals surface area contributed by atoms with E-state index in [1.54, 1.807) is 24.3 Å². The molecule has 0 saturated heterocycles. The highest BCUT2D eigenvalue weighted by molar-refractivity contribution is 5.95. The van der Waals surface area contributed by atoms with Gasteiger partial charge in [-0.25, -0.2) is 10.2 Å². The first-order chi connectivity index (χ1) is 11.3. The maximum Gasteiger partial charge on any atom is 0.335 e. The second-order valence-electron chi connectivity index (χ2n) is 6.45. The summed E-state index contributed by atoms with van der Waals surface area (Å²) < 4.78 is 0. The average Bonchev–Trinajstić information content (AvgIpc) is 2.54. The summed E-state index contributed by atoms with van der Waals surface area (Å²) in [7, 11) is 0. The molecule has 0 saturated carbocycles. The molecule has 2 N–H and O–H groups in total. The van der Waals surface area contributed by atoms with Gasteiger partial charge in [0.1, 0.15) is 0 Å². The number of carboxylic acid groups (broad SMARTS) is 1. The van der Waals surface area contributed by atoms with E-state index in [-0.39, 0.29) is 16.9 Å². The van der Waals surface area contributed by atoms with Crippen molar-refractivity contribution in [3.05, 3.63) is 70.8 Å². The van der Waals surface area contributed by atoms with Gasteiger partial charge in [-0.15, -0.1) is 0 Å². The van der Waals surface area contributed by atoms with Gasteiger partial charge in [-0.05, 0) is 40.8 Å². The molecule has 0 heterocycles. The minimum Gasteiger partial charge on any atom is -0.478 e. The number of hydrazone groups is 1. The summed E-state index contributed by atoms with van der Waals surface area (Å²) in [5, 5.41) is 12.7. The lowest BCUT2D eigenvalue weighted by atomic mass is 9.87. The predicted molar refractivity (Wildman–Crippen MR) is 93.6 cm³/mol. The molecule has 0 aromatic heterocycles. The predicted octanol–water partition coefficient (Wildman–Crippen LogP) is 3.45. The van der Waals surface area contributed by atoms with E-state index in [4.69, 9.17) is 5.11 Å². The van der Waals surface area contributed by atoms with Crippen molar-refractivity contribution in [3.63, 3.8) is 0 Å². The molecule has 0 aliphatic rings. The van der Waals surface area contributed by atoms with Crippen molar-refractivity contribution in [3.8, 4) is 0 Å². The lowest BCUT2D eigenvalue weighted by Gasteiger charge is -2.18. The van der Waals surface area contributed by atoms with Crippen LogP contribution in [0.3, 0.4) is 0 Å². The standard InChI is InChI=1S/C19H20N2O3/c1-19(2,3)16-10-8-14(9-11-16)17(22)21-20-12-13-4-6-15(7-5-13)18(23)24/h4-12H,1-3H3,(H,21,22)(H,23,24). The van der Waals surface area contributed by atoms with E-state index in [1.807, 2.05) is 12.1 Å². The average molecular weight is 324 g/mol. The molecular formula is C19H20N2O3. The Bertz CT molecular complexity index is 755. The number of rotatable bonds is 4. The highest BCUT2D eigenvalue weighted by atomic mass is 16.4. The third-order valence-electron chi connectivity index (χ3n) is 3.55. The molecular weight excluding hydrogens is 304 g/mol. The van der Waals surface area contributed by atoms with Crippen LogP contribution in [0.1, 0.15) is 52.6 Å². The van der Waals surface area contributed by atoms with E-state index in [0.717, 1.165) is 5.56 Å². The van der Waals surface area contributed by atoms with Gasteiger partial charge in [0.05, 0.1) is 11.8 Å². The van der Waals surface area contributed by atoms with Crippen LogP contribution in [0, 0.1) is 0 Å². The molecule has 0 spiro atoms. The van der Waals surface area contributed by atoms with E-state index in [1.165, 1.54) is 18.3 Å². The molecule has 1 amide bonds. The molecule has 0 atom stereocenters. The maximum absolute atomic E-state index is 12.0. The minimum atomic E-state index is -0.981. The van der Waals surface area contributed by atoms with Crippen LogP contribution in [-0.2, 0) is 5.41 Å². The summed E-state index contributed by atoms with van der Waals surface area (Å²) in [5.74, 6) is -1.28. The van der Waals surface area contributed by atoms with Crippen LogP contribution in [0.4, 0.5) is 0 Å². The van der Waals surface area contributed by atoms with Crippen molar-refractivity contribution in [2.24, 2.45) is 5.10 Å². The molecule has 124 valence electrons. The largest absolute Gasteiger partial charge is 0.478 e. The molecule has 5 heteroatoms. The highest BCUT2D eigenvalue weighted by Crippen LogP contribution is 2.22. The zero-order valence-electron chi connectivity index (χ0n) is 13.9. The molecule has 2 aromatic carbocycles. The molecule has 0 aliphatic heterocycles. The van der Waals surface area contributed by atoms with Crippen molar-refractivity contribution < 1.29 is 14.7 Å². The van der Waals surface area contributed by atoms with E-state index in [2.05, 4.69) is 31.3 Å². The van der Waals surface area contributed by atoms with Gasteiger partial charge in [0.2, 0.25) is 0 Å². The lowest BCUT2D eigenvalue weighted by Crippen LogP contribution is -2.18. The summed E-state index contributed by atoms with van der Waals surface area (Å²) in [4.78, 5) is 22.8. The van der Waals surface area contributed by atoms with Gasteiger partial charge < -0.3 is 5.11 Å². The summed E-state index contributed by atoms with van der Waals surface area (Å²) in [6, 6.07) is 13.6. The first-order valence-electron chi connectivity index (χ1n) is 7.55. The Morgan fingerprint density at radius 3 is 2.00 bits per heavy atom. The van der Waals surface area contributed by atoms with Crippen LogP contribution >= 0.6 is 0 Å². The van der Waals surface area contributed by atoms with Crippen molar-refractivity contribution >= 4 is 18.1 Å². The third kappa shape index (κ3) is 4.52. The van der Waals surface area contributed by atoms with E-state index < -0.39 is 5.97 Å². The Hall–Kier alpha value is -2.95. The molecule has 24 heavy (non-hydrogen) atoms.